The average molecular weight is 570 g/mol. The van der Waals surface area contributed by atoms with E-state index in [4.69, 9.17) is 4.74 Å². The predicted octanol–water partition coefficient (Wildman–Crippen LogP) is 5.87. The van der Waals surface area contributed by atoms with Crippen LogP contribution in [0.1, 0.15) is 61.6 Å². The maximum Gasteiger partial charge on any atom is 0.0594 e. The molecule has 2 fully saturated rings. The van der Waals surface area contributed by atoms with Crippen molar-refractivity contribution in [2.24, 2.45) is 0 Å². The van der Waals surface area contributed by atoms with Crippen LogP contribution in [0.2, 0.25) is 0 Å². The quantitative estimate of drug-likeness (QED) is 0.401. The topological polar surface area (TPSA) is 31.5 Å². The third-order valence-corrected chi connectivity index (χ3v) is 9.26. The molecular weight excluding hydrogens is 533 g/mol. The summed E-state index contributed by atoms with van der Waals surface area (Å²) in [4.78, 5) is 9.16. The molecule has 180 valence electrons. The van der Waals surface area contributed by atoms with Crippen LogP contribution in [-0.2, 0) is 23.0 Å². The number of aryl methyl sites for hydroxylation is 1. The molecule has 0 amide bonds. The number of benzene rings is 2. The van der Waals surface area contributed by atoms with Crippen LogP contribution < -0.4 is 4.90 Å². The first-order valence-electron chi connectivity index (χ1n) is 13.0. The minimum atomic E-state index is -0.0273. The lowest BCUT2D eigenvalue weighted by molar-refractivity contribution is 0.0115. The second-order valence-electron chi connectivity index (χ2n) is 10.8. The van der Waals surface area contributed by atoms with Gasteiger partial charge in [-0.3, -0.25) is 4.90 Å². The second kappa shape index (κ2) is 8.82. The molecule has 3 heterocycles. The average Bonchev–Trinajstić information content (AvgIpc) is 3.22. The van der Waals surface area contributed by atoms with Crippen molar-refractivity contribution >= 4 is 39.2 Å². The number of halogens is 1. The van der Waals surface area contributed by atoms with E-state index in [-0.39, 0.29) is 5.41 Å². The van der Waals surface area contributed by atoms with Gasteiger partial charge >= 0.3 is 0 Å². The van der Waals surface area contributed by atoms with Crippen LogP contribution in [0.4, 0.5) is 5.69 Å². The predicted molar refractivity (Wildman–Crippen MR) is 149 cm³/mol. The molecule has 0 unspecified atom stereocenters. The van der Waals surface area contributed by atoms with E-state index in [2.05, 4.69) is 88.5 Å². The van der Waals surface area contributed by atoms with Gasteiger partial charge in [0, 0.05) is 69.9 Å². The summed E-state index contributed by atoms with van der Waals surface area (Å²) in [7, 11) is 0. The fourth-order valence-electron chi connectivity index (χ4n) is 6.67. The van der Waals surface area contributed by atoms with Crippen molar-refractivity contribution in [1.82, 2.24) is 9.88 Å². The fraction of sp³-hybridized carbons (Fsp3) is 0.517. The highest BCUT2D eigenvalue weighted by atomic mass is 127. The number of aromatic amines is 1. The number of piperidine rings is 1. The van der Waals surface area contributed by atoms with Crippen LogP contribution in [-0.4, -0.2) is 55.3 Å². The van der Waals surface area contributed by atoms with Gasteiger partial charge in [-0.1, -0.05) is 32.9 Å². The van der Waals surface area contributed by atoms with E-state index in [1.165, 1.54) is 60.9 Å². The number of H-pyrrole nitrogens is 1. The highest BCUT2D eigenvalue weighted by Crippen LogP contribution is 2.46. The zero-order valence-electron chi connectivity index (χ0n) is 20.7. The molecule has 4 nitrogen and oxygen atoms in total. The van der Waals surface area contributed by atoms with E-state index in [0.29, 0.717) is 0 Å². The summed E-state index contributed by atoms with van der Waals surface area (Å²) in [5, 5.41) is 1.39. The lowest BCUT2D eigenvalue weighted by atomic mass is 9.71. The molecule has 2 saturated heterocycles. The maximum absolute atomic E-state index is 5.58. The first kappa shape index (κ1) is 22.9. The number of anilines is 1. The standard InChI is InChI=1S/C29H36IN3O/c1-4-19-15-20-16-24-23-6-5-21(30)17-26(23)31-28(24)29(2,3)25(20)18-27(19)33-9-7-22(8-10-33)32-11-13-34-14-12-32/h5-6,15,17-18,22,31H,4,7-14,16H2,1-3H3. The first-order valence-corrected chi connectivity index (χ1v) is 14.1. The number of fused-ring (bicyclic) bond motifs is 4. The second-order valence-corrected chi connectivity index (χ2v) is 12.1. The first-order chi connectivity index (χ1) is 16.5. The molecule has 2 aliphatic heterocycles. The van der Waals surface area contributed by atoms with E-state index in [1.807, 2.05) is 0 Å². The fourth-order valence-corrected chi connectivity index (χ4v) is 7.17. The molecule has 0 radical (unpaired) electrons. The SMILES string of the molecule is CCc1cc2c(cc1N1CCC(N3CCOCC3)CC1)C(C)(C)c1[nH]c3cc(I)ccc3c1C2. The highest BCUT2D eigenvalue weighted by molar-refractivity contribution is 14.1. The van der Waals surface area contributed by atoms with Gasteiger partial charge in [0.15, 0.2) is 0 Å². The van der Waals surface area contributed by atoms with Gasteiger partial charge in [-0.15, -0.1) is 0 Å². The normalized spacial score (nSPS) is 21.0. The van der Waals surface area contributed by atoms with Crippen LogP contribution in [0.25, 0.3) is 10.9 Å². The van der Waals surface area contributed by atoms with Gasteiger partial charge in [0.2, 0.25) is 0 Å². The number of ether oxygens (including phenoxy) is 1. The Morgan fingerprint density at radius 2 is 1.82 bits per heavy atom. The number of aromatic nitrogens is 1. The van der Waals surface area contributed by atoms with Crippen LogP contribution >= 0.6 is 22.6 Å². The lowest BCUT2D eigenvalue weighted by Gasteiger charge is -2.42. The van der Waals surface area contributed by atoms with Crippen molar-refractivity contribution in [3.05, 3.63) is 61.8 Å². The molecule has 1 N–H and O–H groups in total. The van der Waals surface area contributed by atoms with E-state index in [0.717, 1.165) is 58.3 Å². The Labute approximate surface area is 217 Å². The number of morpholine rings is 1. The summed E-state index contributed by atoms with van der Waals surface area (Å²) < 4.78 is 6.87. The van der Waals surface area contributed by atoms with Crippen molar-refractivity contribution in [1.29, 1.82) is 0 Å². The Morgan fingerprint density at radius 3 is 2.56 bits per heavy atom. The molecule has 2 aromatic carbocycles. The minimum absolute atomic E-state index is 0.0273. The van der Waals surface area contributed by atoms with Crippen LogP contribution in [0, 0.1) is 3.57 Å². The highest BCUT2D eigenvalue weighted by Gasteiger charge is 2.36. The molecule has 0 spiro atoms. The van der Waals surface area contributed by atoms with Gasteiger partial charge in [-0.2, -0.15) is 0 Å². The van der Waals surface area contributed by atoms with Crippen molar-refractivity contribution < 1.29 is 4.74 Å². The summed E-state index contributed by atoms with van der Waals surface area (Å²) in [6, 6.07) is 12.6. The van der Waals surface area contributed by atoms with Gasteiger partial charge in [-0.05, 0) is 82.3 Å². The molecule has 0 atom stereocenters. The lowest BCUT2D eigenvalue weighted by Crippen LogP contribution is -2.49. The van der Waals surface area contributed by atoms with Crippen LogP contribution in [0.5, 0.6) is 0 Å². The molecule has 34 heavy (non-hydrogen) atoms. The van der Waals surface area contributed by atoms with Crippen LogP contribution in [0.15, 0.2) is 30.3 Å². The summed E-state index contributed by atoms with van der Waals surface area (Å²) in [6.07, 6.45) is 4.63. The van der Waals surface area contributed by atoms with Gasteiger partial charge in [0.1, 0.15) is 0 Å². The number of hydrogen-bond acceptors (Lipinski definition) is 3. The van der Waals surface area contributed by atoms with Crippen molar-refractivity contribution in [2.45, 2.75) is 57.9 Å². The molecule has 6 rings (SSSR count). The Bertz CT molecular complexity index is 1220. The third-order valence-electron chi connectivity index (χ3n) is 8.59. The zero-order chi connectivity index (χ0) is 23.4. The van der Waals surface area contributed by atoms with E-state index in [1.54, 1.807) is 0 Å². The van der Waals surface area contributed by atoms with Gasteiger partial charge < -0.3 is 14.6 Å². The minimum Gasteiger partial charge on any atom is -0.379 e. The zero-order valence-corrected chi connectivity index (χ0v) is 22.9. The molecule has 0 bridgehead atoms. The summed E-state index contributed by atoms with van der Waals surface area (Å²) >= 11 is 2.42. The Hall–Kier alpha value is -1.57. The molecule has 1 aromatic heterocycles. The monoisotopic (exact) mass is 569 g/mol. The van der Waals surface area contributed by atoms with Gasteiger partial charge in [0.25, 0.3) is 0 Å². The Morgan fingerprint density at radius 1 is 1.06 bits per heavy atom. The molecule has 3 aliphatic rings. The number of nitrogens with one attached hydrogen (secondary N) is 1. The van der Waals surface area contributed by atoms with E-state index < -0.39 is 0 Å². The largest absolute Gasteiger partial charge is 0.379 e. The molecule has 5 heteroatoms. The Balaban J connectivity index is 1.33. The summed E-state index contributed by atoms with van der Waals surface area (Å²) in [6.45, 7) is 13.4. The third kappa shape index (κ3) is 3.79. The number of rotatable bonds is 3. The van der Waals surface area contributed by atoms with Gasteiger partial charge in [0.05, 0.1) is 13.2 Å². The van der Waals surface area contributed by atoms with Crippen molar-refractivity contribution in [2.75, 3.05) is 44.3 Å². The number of nitrogens with zero attached hydrogens (tertiary/aromatic N) is 2. The van der Waals surface area contributed by atoms with Crippen molar-refractivity contribution in [3.8, 4) is 0 Å². The smallest absolute Gasteiger partial charge is 0.0594 e. The molecule has 1 aliphatic carbocycles. The van der Waals surface area contributed by atoms with Crippen LogP contribution in [0.3, 0.4) is 0 Å². The Kier molecular flexibility index (Phi) is 5.93. The summed E-state index contributed by atoms with van der Waals surface area (Å²) in [5.41, 5.74) is 10.1. The molecule has 3 aromatic rings. The van der Waals surface area contributed by atoms with Crippen molar-refractivity contribution in [3.63, 3.8) is 0 Å². The summed E-state index contributed by atoms with van der Waals surface area (Å²) in [5.74, 6) is 0. The molecule has 0 saturated carbocycles. The van der Waals surface area contributed by atoms with Gasteiger partial charge in [-0.25, -0.2) is 0 Å². The van der Waals surface area contributed by atoms with E-state index in [9.17, 15) is 0 Å². The van der Waals surface area contributed by atoms with E-state index >= 15 is 0 Å². The molecular formula is C29H36IN3O. The maximum atomic E-state index is 5.58. The number of hydrogen-bond donors (Lipinski definition) is 1.